The third kappa shape index (κ3) is 2.43. The summed E-state index contributed by atoms with van der Waals surface area (Å²) in [5, 5.41) is 28.5. The molecule has 1 atom stereocenters. The lowest BCUT2D eigenvalue weighted by Gasteiger charge is -2.09. The standard InChI is InChI=1S/C10H9NO5/c1-6(10(13)14)9(12)7-2-4-8(5-3-7)11(15)16/h2-5,9,12H,1H2,(H,13,14). The normalized spacial score (nSPS) is 11.8. The number of nitrogens with zero attached hydrogens (tertiary/aromatic N) is 1. The van der Waals surface area contributed by atoms with Crippen molar-refractivity contribution in [2.75, 3.05) is 0 Å². The van der Waals surface area contributed by atoms with Gasteiger partial charge in [0.15, 0.2) is 0 Å². The summed E-state index contributed by atoms with van der Waals surface area (Å²) >= 11 is 0. The fourth-order valence-electron chi connectivity index (χ4n) is 1.10. The van der Waals surface area contributed by atoms with E-state index < -0.39 is 17.0 Å². The minimum absolute atomic E-state index is 0.128. The van der Waals surface area contributed by atoms with Crippen LogP contribution >= 0.6 is 0 Å². The molecule has 16 heavy (non-hydrogen) atoms. The number of nitro benzene ring substituents is 1. The molecule has 1 rings (SSSR count). The monoisotopic (exact) mass is 223 g/mol. The maximum atomic E-state index is 10.5. The molecule has 1 aromatic rings. The molecule has 6 heteroatoms. The molecule has 6 nitrogen and oxygen atoms in total. The summed E-state index contributed by atoms with van der Waals surface area (Å²) in [5.74, 6) is -1.31. The lowest BCUT2D eigenvalue weighted by molar-refractivity contribution is -0.384. The average Bonchev–Trinajstić information content (AvgIpc) is 2.27. The smallest absolute Gasteiger partial charge is 0.333 e. The van der Waals surface area contributed by atoms with Gasteiger partial charge in [-0.25, -0.2) is 4.79 Å². The van der Waals surface area contributed by atoms with E-state index in [1.165, 1.54) is 24.3 Å². The van der Waals surface area contributed by atoms with E-state index in [1.807, 2.05) is 0 Å². The van der Waals surface area contributed by atoms with E-state index in [0.717, 1.165) is 0 Å². The molecule has 0 aliphatic heterocycles. The average molecular weight is 223 g/mol. The Balaban J connectivity index is 2.94. The first-order chi connectivity index (χ1) is 7.43. The predicted octanol–water partition coefficient (Wildman–Crippen LogP) is 1.27. The van der Waals surface area contributed by atoms with Crippen LogP contribution < -0.4 is 0 Å². The lowest BCUT2D eigenvalue weighted by Crippen LogP contribution is -2.09. The third-order valence-corrected chi connectivity index (χ3v) is 2.02. The maximum absolute atomic E-state index is 10.5. The molecule has 0 aliphatic rings. The first-order valence-electron chi connectivity index (χ1n) is 4.28. The number of carboxylic acid groups (broad SMARTS) is 1. The van der Waals surface area contributed by atoms with E-state index >= 15 is 0 Å². The van der Waals surface area contributed by atoms with Gasteiger partial charge >= 0.3 is 5.97 Å². The van der Waals surface area contributed by atoms with Crippen molar-refractivity contribution < 1.29 is 19.9 Å². The van der Waals surface area contributed by atoms with Crippen LogP contribution in [-0.2, 0) is 4.79 Å². The summed E-state index contributed by atoms with van der Waals surface area (Å²) < 4.78 is 0. The van der Waals surface area contributed by atoms with E-state index in [2.05, 4.69) is 6.58 Å². The van der Waals surface area contributed by atoms with Gasteiger partial charge in [0.05, 0.1) is 10.5 Å². The summed E-state index contributed by atoms with van der Waals surface area (Å²) in [6, 6.07) is 4.95. The van der Waals surface area contributed by atoms with Gasteiger partial charge in [-0.05, 0) is 17.7 Å². The number of hydrogen-bond donors (Lipinski definition) is 2. The van der Waals surface area contributed by atoms with Gasteiger partial charge < -0.3 is 10.2 Å². The zero-order chi connectivity index (χ0) is 12.3. The largest absolute Gasteiger partial charge is 0.478 e. The van der Waals surface area contributed by atoms with Crippen LogP contribution in [0.1, 0.15) is 11.7 Å². The molecule has 1 aromatic carbocycles. The van der Waals surface area contributed by atoms with Crippen molar-refractivity contribution in [3.63, 3.8) is 0 Å². The molecule has 0 bridgehead atoms. The Morgan fingerprint density at radius 3 is 2.25 bits per heavy atom. The number of carboxylic acids is 1. The first kappa shape index (κ1) is 11.9. The van der Waals surface area contributed by atoms with Gasteiger partial charge in [-0.3, -0.25) is 10.1 Å². The second-order valence-corrected chi connectivity index (χ2v) is 3.08. The van der Waals surface area contributed by atoms with E-state index in [-0.39, 0.29) is 16.8 Å². The lowest BCUT2D eigenvalue weighted by atomic mass is 10.0. The molecule has 0 aliphatic carbocycles. The van der Waals surface area contributed by atoms with Crippen molar-refractivity contribution in [3.8, 4) is 0 Å². The molecule has 84 valence electrons. The van der Waals surface area contributed by atoms with Crippen LogP contribution in [0.5, 0.6) is 0 Å². The van der Waals surface area contributed by atoms with Gasteiger partial charge in [-0.15, -0.1) is 0 Å². The van der Waals surface area contributed by atoms with Crippen LogP contribution in [0, 0.1) is 10.1 Å². The van der Waals surface area contributed by atoms with Crippen molar-refractivity contribution >= 4 is 11.7 Å². The highest BCUT2D eigenvalue weighted by Gasteiger charge is 2.18. The van der Waals surface area contributed by atoms with Crippen molar-refractivity contribution in [1.82, 2.24) is 0 Å². The van der Waals surface area contributed by atoms with Crippen LogP contribution in [0.4, 0.5) is 5.69 Å². The molecule has 0 amide bonds. The number of aliphatic hydroxyl groups is 1. The zero-order valence-corrected chi connectivity index (χ0v) is 8.16. The quantitative estimate of drug-likeness (QED) is 0.454. The Labute approximate surface area is 90.6 Å². The van der Waals surface area contributed by atoms with Crippen LogP contribution in [0.3, 0.4) is 0 Å². The van der Waals surface area contributed by atoms with E-state index in [0.29, 0.717) is 0 Å². The minimum atomic E-state index is -1.36. The van der Waals surface area contributed by atoms with Crippen molar-refractivity contribution in [2.24, 2.45) is 0 Å². The van der Waals surface area contributed by atoms with Crippen molar-refractivity contribution in [3.05, 3.63) is 52.1 Å². The number of benzene rings is 1. The van der Waals surface area contributed by atoms with Gasteiger partial charge in [0.2, 0.25) is 0 Å². The summed E-state index contributed by atoms with van der Waals surface area (Å²) in [6.07, 6.45) is -1.36. The van der Waals surface area contributed by atoms with Crippen molar-refractivity contribution in [1.29, 1.82) is 0 Å². The van der Waals surface area contributed by atoms with Gasteiger partial charge in [-0.2, -0.15) is 0 Å². The van der Waals surface area contributed by atoms with Crippen LogP contribution in [0.25, 0.3) is 0 Å². The number of aliphatic hydroxyl groups excluding tert-OH is 1. The number of non-ortho nitro benzene ring substituents is 1. The highest BCUT2D eigenvalue weighted by Crippen LogP contribution is 2.22. The van der Waals surface area contributed by atoms with Crippen molar-refractivity contribution in [2.45, 2.75) is 6.10 Å². The summed E-state index contributed by atoms with van der Waals surface area (Å²) in [7, 11) is 0. The molecule has 1 unspecified atom stereocenters. The molecular formula is C10H9NO5. The van der Waals surface area contributed by atoms with Crippen LogP contribution in [0.15, 0.2) is 36.4 Å². The Kier molecular flexibility index (Phi) is 3.37. The molecule has 0 heterocycles. The summed E-state index contributed by atoms with van der Waals surface area (Å²) in [4.78, 5) is 20.3. The van der Waals surface area contributed by atoms with Gasteiger partial charge in [0, 0.05) is 12.1 Å². The minimum Gasteiger partial charge on any atom is -0.478 e. The maximum Gasteiger partial charge on any atom is 0.333 e. The van der Waals surface area contributed by atoms with Crippen LogP contribution in [0.2, 0.25) is 0 Å². The fraction of sp³-hybridized carbons (Fsp3) is 0.100. The van der Waals surface area contributed by atoms with Gasteiger partial charge in [0.25, 0.3) is 5.69 Å². The second-order valence-electron chi connectivity index (χ2n) is 3.08. The third-order valence-electron chi connectivity index (χ3n) is 2.02. The Morgan fingerprint density at radius 2 is 1.88 bits per heavy atom. The molecular weight excluding hydrogens is 214 g/mol. The number of nitro groups is 1. The van der Waals surface area contributed by atoms with Crippen LogP contribution in [-0.4, -0.2) is 21.1 Å². The van der Waals surface area contributed by atoms with E-state index in [9.17, 15) is 20.0 Å². The summed E-state index contributed by atoms with van der Waals surface area (Å²) in [6.45, 7) is 3.20. The molecule has 0 fully saturated rings. The second kappa shape index (κ2) is 4.54. The number of hydrogen-bond acceptors (Lipinski definition) is 4. The highest BCUT2D eigenvalue weighted by molar-refractivity contribution is 5.87. The molecule has 0 saturated carbocycles. The zero-order valence-electron chi connectivity index (χ0n) is 8.16. The Bertz CT molecular complexity index is 437. The highest BCUT2D eigenvalue weighted by atomic mass is 16.6. The first-order valence-corrected chi connectivity index (χ1v) is 4.28. The topological polar surface area (TPSA) is 101 Å². The van der Waals surface area contributed by atoms with Gasteiger partial charge in [0.1, 0.15) is 6.10 Å². The molecule has 0 aromatic heterocycles. The molecule has 0 saturated heterocycles. The van der Waals surface area contributed by atoms with E-state index in [1.54, 1.807) is 0 Å². The molecule has 2 N–H and O–H groups in total. The molecule has 0 radical (unpaired) electrons. The fourth-order valence-corrected chi connectivity index (χ4v) is 1.10. The molecule has 0 spiro atoms. The number of carbonyl (C=O) groups is 1. The Hall–Kier alpha value is -2.21. The summed E-state index contributed by atoms with van der Waals surface area (Å²) in [5.41, 5.74) is -0.260. The SMILES string of the molecule is C=C(C(=O)O)C(O)c1ccc([N+](=O)[O-])cc1. The number of aliphatic carboxylic acids is 1. The van der Waals surface area contributed by atoms with E-state index in [4.69, 9.17) is 5.11 Å². The number of rotatable bonds is 4. The van der Waals surface area contributed by atoms with Gasteiger partial charge in [-0.1, -0.05) is 6.58 Å². The Morgan fingerprint density at radius 1 is 1.38 bits per heavy atom. The predicted molar refractivity (Wildman–Crippen MR) is 54.8 cm³/mol.